The molecule has 0 radical (unpaired) electrons. The zero-order chi connectivity index (χ0) is 24.8. The summed E-state index contributed by atoms with van der Waals surface area (Å²) in [6.45, 7) is 10.1. The minimum atomic E-state index is -1.27. The maximum Gasteiger partial charge on any atom is 0.343 e. The van der Waals surface area contributed by atoms with Crippen molar-refractivity contribution in [3.8, 4) is 23.0 Å². The predicted molar refractivity (Wildman–Crippen MR) is 122 cm³/mol. The normalized spacial score (nSPS) is 16.4. The zero-order valence-corrected chi connectivity index (χ0v) is 19.9. The van der Waals surface area contributed by atoms with E-state index in [9.17, 15) is 30.0 Å². The molecule has 0 amide bonds. The number of ether oxygens (including phenoxy) is 1. The quantitative estimate of drug-likeness (QED) is 0.461. The number of carbonyl (C=O) groups excluding carboxylic acids is 1. The van der Waals surface area contributed by atoms with E-state index in [1.807, 2.05) is 6.92 Å². The van der Waals surface area contributed by atoms with Gasteiger partial charge in [-0.2, -0.15) is 0 Å². The third-order valence-electron chi connectivity index (χ3n) is 6.54. The summed E-state index contributed by atoms with van der Waals surface area (Å²) in [5, 5.41) is 43.2. The van der Waals surface area contributed by atoms with E-state index in [-0.39, 0.29) is 58.1 Å². The maximum absolute atomic E-state index is 13.2. The van der Waals surface area contributed by atoms with Gasteiger partial charge in [0.1, 0.15) is 40.4 Å². The van der Waals surface area contributed by atoms with Crippen molar-refractivity contribution in [2.75, 3.05) is 0 Å². The Morgan fingerprint density at radius 1 is 1.12 bits per heavy atom. The summed E-state index contributed by atoms with van der Waals surface area (Å²) in [6.07, 6.45) is -0.0697. The summed E-state index contributed by atoms with van der Waals surface area (Å²) < 4.78 is 11.2. The first-order valence-electron chi connectivity index (χ1n) is 11.2. The fourth-order valence-corrected chi connectivity index (χ4v) is 4.10. The molecule has 2 atom stereocenters. The highest BCUT2D eigenvalue weighted by Crippen LogP contribution is 2.49. The lowest BCUT2D eigenvalue weighted by atomic mass is 9.88. The van der Waals surface area contributed by atoms with Crippen LogP contribution >= 0.6 is 0 Å². The largest absolute Gasteiger partial charge is 0.507 e. The van der Waals surface area contributed by atoms with E-state index >= 15 is 0 Å². The van der Waals surface area contributed by atoms with Crippen LogP contribution in [0.25, 0.3) is 0 Å². The van der Waals surface area contributed by atoms with Crippen LogP contribution in [0.2, 0.25) is 0 Å². The Morgan fingerprint density at radius 2 is 1.76 bits per heavy atom. The van der Waals surface area contributed by atoms with Gasteiger partial charge in [-0.3, -0.25) is 4.79 Å². The summed E-state index contributed by atoms with van der Waals surface area (Å²) >= 11 is 0. The van der Waals surface area contributed by atoms with E-state index in [1.165, 1.54) is 0 Å². The van der Waals surface area contributed by atoms with Gasteiger partial charge >= 0.3 is 5.63 Å². The number of fused-ring (bicyclic) bond motifs is 1. The maximum atomic E-state index is 13.2. The van der Waals surface area contributed by atoms with Gasteiger partial charge in [0, 0.05) is 41.9 Å². The molecule has 2 aromatic rings. The van der Waals surface area contributed by atoms with Crippen molar-refractivity contribution in [3.05, 3.63) is 44.0 Å². The second kappa shape index (κ2) is 8.74. The molecule has 0 bridgehead atoms. The Bertz CT molecular complexity index is 1150. The molecule has 33 heavy (non-hydrogen) atoms. The number of aryl methyl sites for hydroxylation is 1. The second-order valence-corrected chi connectivity index (χ2v) is 9.29. The van der Waals surface area contributed by atoms with Crippen LogP contribution in [-0.4, -0.2) is 37.9 Å². The molecule has 1 aromatic carbocycles. The van der Waals surface area contributed by atoms with Crippen LogP contribution in [0, 0.1) is 12.8 Å². The third kappa shape index (κ3) is 4.19. The number of phenols is 2. The number of hydrogen-bond donors (Lipinski definition) is 4. The van der Waals surface area contributed by atoms with E-state index in [4.69, 9.17) is 9.15 Å². The summed E-state index contributed by atoms with van der Waals surface area (Å²) in [5.74, 6) is -1.56. The average Bonchev–Trinajstić information content (AvgIpc) is 3.20. The summed E-state index contributed by atoms with van der Waals surface area (Å²) in [7, 11) is 0. The van der Waals surface area contributed by atoms with Crippen LogP contribution in [0.3, 0.4) is 0 Å². The second-order valence-electron chi connectivity index (χ2n) is 9.29. The molecule has 1 aliphatic rings. The van der Waals surface area contributed by atoms with Crippen LogP contribution < -0.4 is 10.4 Å². The highest BCUT2D eigenvalue weighted by Gasteiger charge is 2.41. The van der Waals surface area contributed by atoms with Crippen molar-refractivity contribution >= 4 is 5.78 Å². The lowest BCUT2D eigenvalue weighted by molar-refractivity contribution is -0.0232. The van der Waals surface area contributed by atoms with Gasteiger partial charge < -0.3 is 29.6 Å². The smallest absolute Gasteiger partial charge is 0.343 e. The van der Waals surface area contributed by atoms with E-state index in [1.54, 1.807) is 34.6 Å². The molecule has 3 rings (SSSR count). The Kier molecular flexibility index (Phi) is 6.53. The molecule has 1 aliphatic heterocycles. The number of Topliss-reactive ketones (excluding diaryl/α,β-unsaturated/α-hetero) is 1. The molecule has 1 unspecified atom stereocenters. The van der Waals surface area contributed by atoms with Crippen LogP contribution in [0.1, 0.15) is 79.4 Å². The topological polar surface area (TPSA) is 137 Å². The van der Waals surface area contributed by atoms with Gasteiger partial charge in [0.25, 0.3) is 0 Å². The SMILES string of the molecule is CCc1oc(=O)c(Cc2c(O)c3c(c(C(=O)[C@@H](C)CC)c2O)OC(C(C)(C)O)C3)c(O)c1C. The van der Waals surface area contributed by atoms with E-state index in [0.717, 1.165) is 0 Å². The van der Waals surface area contributed by atoms with Crippen molar-refractivity contribution in [3.63, 3.8) is 0 Å². The standard InChI is InChI=1S/C25H32O8/c1-7-11(3)19(26)18-22(29)13(9-15-20(27)12(4)16(8-2)32-24(15)30)21(28)14-10-17(25(5,6)31)33-23(14)18/h11,17,27-29,31H,7-10H2,1-6H3/t11-,17?/m0/s1. The minimum absolute atomic E-state index is 0.0416. The van der Waals surface area contributed by atoms with Gasteiger partial charge in [-0.05, 0) is 27.2 Å². The summed E-state index contributed by atoms with van der Waals surface area (Å²) in [5.41, 5.74) is -1.69. The van der Waals surface area contributed by atoms with Gasteiger partial charge in [-0.1, -0.05) is 20.8 Å². The third-order valence-corrected chi connectivity index (χ3v) is 6.54. The number of ketones is 1. The van der Waals surface area contributed by atoms with Crippen molar-refractivity contribution < 1.29 is 34.4 Å². The molecule has 0 fully saturated rings. The number of aliphatic hydroxyl groups is 1. The Labute approximate surface area is 192 Å². The summed E-state index contributed by atoms with van der Waals surface area (Å²) in [4.78, 5) is 25.8. The van der Waals surface area contributed by atoms with Crippen LogP contribution in [0.5, 0.6) is 23.0 Å². The van der Waals surface area contributed by atoms with E-state index in [0.29, 0.717) is 24.2 Å². The van der Waals surface area contributed by atoms with Crippen LogP contribution in [0.15, 0.2) is 9.21 Å². The lowest BCUT2D eigenvalue weighted by Gasteiger charge is -2.25. The van der Waals surface area contributed by atoms with E-state index < -0.39 is 29.0 Å². The molecule has 8 nitrogen and oxygen atoms in total. The number of aromatic hydroxyl groups is 3. The molecule has 2 heterocycles. The number of carbonyl (C=O) groups is 1. The van der Waals surface area contributed by atoms with Crippen LogP contribution in [0.4, 0.5) is 0 Å². The number of hydrogen-bond acceptors (Lipinski definition) is 8. The van der Waals surface area contributed by atoms with Gasteiger partial charge in [0.15, 0.2) is 5.78 Å². The molecule has 0 saturated heterocycles. The van der Waals surface area contributed by atoms with Crippen molar-refractivity contribution in [2.45, 2.75) is 78.9 Å². The molecule has 1 aromatic heterocycles. The molecule has 4 N–H and O–H groups in total. The first-order chi connectivity index (χ1) is 15.3. The van der Waals surface area contributed by atoms with E-state index in [2.05, 4.69) is 0 Å². The first kappa shape index (κ1) is 24.6. The van der Waals surface area contributed by atoms with Crippen molar-refractivity contribution in [1.29, 1.82) is 0 Å². The minimum Gasteiger partial charge on any atom is -0.507 e. The zero-order valence-electron chi connectivity index (χ0n) is 19.9. The molecule has 0 saturated carbocycles. The van der Waals surface area contributed by atoms with Gasteiger partial charge in [0.05, 0.1) is 11.2 Å². The highest BCUT2D eigenvalue weighted by molar-refractivity contribution is 6.04. The van der Waals surface area contributed by atoms with Crippen molar-refractivity contribution in [1.82, 2.24) is 0 Å². The Hall–Kier alpha value is -3.00. The fraction of sp³-hybridized carbons (Fsp3) is 0.520. The van der Waals surface area contributed by atoms with Crippen molar-refractivity contribution in [2.24, 2.45) is 5.92 Å². The molecular weight excluding hydrogens is 428 g/mol. The monoisotopic (exact) mass is 460 g/mol. The van der Waals surface area contributed by atoms with Crippen LogP contribution in [-0.2, 0) is 19.3 Å². The molecule has 8 heteroatoms. The van der Waals surface area contributed by atoms with Gasteiger partial charge in [0.2, 0.25) is 0 Å². The van der Waals surface area contributed by atoms with Gasteiger partial charge in [-0.25, -0.2) is 4.79 Å². The first-order valence-corrected chi connectivity index (χ1v) is 11.2. The molecular formula is C25H32O8. The predicted octanol–water partition coefficient (Wildman–Crippen LogP) is 3.52. The fourth-order valence-electron chi connectivity index (χ4n) is 4.10. The summed E-state index contributed by atoms with van der Waals surface area (Å²) in [6, 6.07) is 0. The Morgan fingerprint density at radius 3 is 2.30 bits per heavy atom. The molecule has 180 valence electrons. The number of rotatable bonds is 7. The Balaban J connectivity index is 2.24. The van der Waals surface area contributed by atoms with Gasteiger partial charge in [-0.15, -0.1) is 0 Å². The highest BCUT2D eigenvalue weighted by atomic mass is 16.5. The molecule has 0 aliphatic carbocycles. The number of benzene rings is 1. The lowest BCUT2D eigenvalue weighted by Crippen LogP contribution is -2.39. The number of phenolic OH excluding ortho intramolecular Hbond substituents is 2. The average molecular weight is 461 g/mol. The molecule has 0 spiro atoms.